The molecule has 1 unspecified atom stereocenters. The lowest BCUT2D eigenvalue weighted by atomic mass is 10.1. The summed E-state index contributed by atoms with van der Waals surface area (Å²) in [5, 5.41) is 3.14. The van der Waals surface area contributed by atoms with Gasteiger partial charge >= 0.3 is 0 Å². The molecule has 1 saturated heterocycles. The summed E-state index contributed by atoms with van der Waals surface area (Å²) >= 11 is 0. The van der Waals surface area contributed by atoms with Gasteiger partial charge in [0.05, 0.1) is 24.9 Å². The van der Waals surface area contributed by atoms with E-state index in [1.165, 1.54) is 0 Å². The molecule has 20 heavy (non-hydrogen) atoms. The van der Waals surface area contributed by atoms with E-state index in [2.05, 4.69) is 5.32 Å². The van der Waals surface area contributed by atoms with Crippen molar-refractivity contribution in [3.63, 3.8) is 0 Å². The van der Waals surface area contributed by atoms with Crippen LogP contribution in [-0.4, -0.2) is 38.2 Å². The number of anilines is 1. The van der Waals surface area contributed by atoms with Crippen LogP contribution in [0.1, 0.15) is 30.1 Å². The maximum atomic E-state index is 12.0. The maximum Gasteiger partial charge on any atom is 0.176 e. The SMILES string of the molecule is CCOc1ccc(C(=O)CNCC2CCCO2)cc1N. The highest BCUT2D eigenvalue weighted by Gasteiger charge is 2.15. The number of hydrogen-bond acceptors (Lipinski definition) is 5. The van der Waals surface area contributed by atoms with Crippen LogP contribution in [0, 0.1) is 0 Å². The Bertz CT molecular complexity index is 456. The molecule has 1 atom stereocenters. The second-order valence-electron chi connectivity index (χ2n) is 4.87. The zero-order valence-electron chi connectivity index (χ0n) is 11.9. The van der Waals surface area contributed by atoms with E-state index in [9.17, 15) is 4.79 Å². The first-order chi connectivity index (χ1) is 9.70. The van der Waals surface area contributed by atoms with Crippen LogP contribution in [0.15, 0.2) is 18.2 Å². The highest BCUT2D eigenvalue weighted by atomic mass is 16.5. The van der Waals surface area contributed by atoms with Crippen molar-refractivity contribution in [1.82, 2.24) is 5.32 Å². The van der Waals surface area contributed by atoms with Crippen molar-refractivity contribution in [1.29, 1.82) is 0 Å². The molecule has 1 aromatic carbocycles. The maximum absolute atomic E-state index is 12.0. The van der Waals surface area contributed by atoms with Gasteiger partial charge in [0.1, 0.15) is 5.75 Å². The molecule has 1 heterocycles. The third-order valence-corrected chi connectivity index (χ3v) is 3.31. The number of nitrogens with two attached hydrogens (primary N) is 1. The Morgan fingerprint density at radius 3 is 3.05 bits per heavy atom. The number of hydrogen-bond donors (Lipinski definition) is 2. The quantitative estimate of drug-likeness (QED) is 0.585. The Hall–Kier alpha value is -1.59. The van der Waals surface area contributed by atoms with Gasteiger partial charge < -0.3 is 20.5 Å². The van der Waals surface area contributed by atoms with Crippen LogP contribution in [0.3, 0.4) is 0 Å². The number of carbonyl (C=O) groups excluding carboxylic acids is 1. The summed E-state index contributed by atoms with van der Waals surface area (Å²) in [6.45, 7) is 4.30. The molecule has 1 fully saturated rings. The molecule has 2 rings (SSSR count). The van der Waals surface area contributed by atoms with Crippen molar-refractivity contribution >= 4 is 11.5 Å². The molecule has 3 N–H and O–H groups in total. The standard InChI is InChI=1S/C15H22N2O3/c1-2-19-15-6-5-11(8-13(15)16)14(18)10-17-9-12-4-3-7-20-12/h5-6,8,12,17H,2-4,7,9-10,16H2,1H3. The normalized spacial score (nSPS) is 18.1. The van der Waals surface area contributed by atoms with Crippen LogP contribution >= 0.6 is 0 Å². The second kappa shape index (κ2) is 7.26. The van der Waals surface area contributed by atoms with Crippen LogP contribution in [0.25, 0.3) is 0 Å². The summed E-state index contributed by atoms with van der Waals surface area (Å²) in [4.78, 5) is 12.0. The average Bonchev–Trinajstić information content (AvgIpc) is 2.94. The van der Waals surface area contributed by atoms with Gasteiger partial charge in [0.2, 0.25) is 0 Å². The number of benzene rings is 1. The Kier molecular flexibility index (Phi) is 5.38. The molecular weight excluding hydrogens is 256 g/mol. The lowest BCUT2D eigenvalue weighted by molar-refractivity contribution is 0.0955. The van der Waals surface area contributed by atoms with Crippen LogP contribution < -0.4 is 15.8 Å². The van der Waals surface area contributed by atoms with Gasteiger partial charge in [-0.25, -0.2) is 0 Å². The van der Waals surface area contributed by atoms with E-state index in [4.69, 9.17) is 15.2 Å². The van der Waals surface area contributed by atoms with E-state index in [1.807, 2.05) is 6.92 Å². The number of nitrogen functional groups attached to an aromatic ring is 1. The highest BCUT2D eigenvalue weighted by molar-refractivity contribution is 5.98. The molecule has 0 bridgehead atoms. The van der Waals surface area contributed by atoms with Gasteiger partial charge in [0.15, 0.2) is 5.78 Å². The number of rotatable bonds is 7. The molecule has 0 spiro atoms. The van der Waals surface area contributed by atoms with Crippen molar-refractivity contribution in [2.24, 2.45) is 0 Å². The van der Waals surface area contributed by atoms with Crippen LogP contribution in [0.2, 0.25) is 0 Å². The molecular formula is C15H22N2O3. The van der Waals surface area contributed by atoms with Gasteiger partial charge in [-0.05, 0) is 38.0 Å². The molecule has 1 aromatic rings. The molecule has 110 valence electrons. The van der Waals surface area contributed by atoms with Gasteiger partial charge in [-0.1, -0.05) is 0 Å². The molecule has 1 aliphatic rings. The Morgan fingerprint density at radius 1 is 1.55 bits per heavy atom. The van der Waals surface area contributed by atoms with E-state index < -0.39 is 0 Å². The fraction of sp³-hybridized carbons (Fsp3) is 0.533. The smallest absolute Gasteiger partial charge is 0.176 e. The Labute approximate surface area is 119 Å². The summed E-state index contributed by atoms with van der Waals surface area (Å²) in [6, 6.07) is 5.16. The van der Waals surface area contributed by atoms with Crippen molar-refractivity contribution in [3.8, 4) is 5.75 Å². The minimum atomic E-state index is 0.0257. The van der Waals surface area contributed by atoms with Gasteiger partial charge in [-0.2, -0.15) is 0 Å². The largest absolute Gasteiger partial charge is 0.492 e. The number of ether oxygens (including phenoxy) is 2. The molecule has 0 saturated carbocycles. The molecule has 0 aliphatic carbocycles. The van der Waals surface area contributed by atoms with E-state index >= 15 is 0 Å². The number of ketones is 1. The summed E-state index contributed by atoms with van der Waals surface area (Å²) in [7, 11) is 0. The van der Waals surface area contributed by atoms with Crippen molar-refractivity contribution in [2.45, 2.75) is 25.9 Å². The first kappa shape index (κ1) is 14.8. The molecule has 0 aromatic heterocycles. The highest BCUT2D eigenvalue weighted by Crippen LogP contribution is 2.22. The van der Waals surface area contributed by atoms with Gasteiger partial charge in [-0.15, -0.1) is 0 Å². The monoisotopic (exact) mass is 278 g/mol. The molecule has 5 nitrogen and oxygen atoms in total. The van der Waals surface area contributed by atoms with E-state index in [0.717, 1.165) is 26.0 Å². The average molecular weight is 278 g/mol. The van der Waals surface area contributed by atoms with Crippen LogP contribution in [0.5, 0.6) is 5.75 Å². The van der Waals surface area contributed by atoms with E-state index in [-0.39, 0.29) is 11.9 Å². The summed E-state index contributed by atoms with van der Waals surface area (Å²) in [6.07, 6.45) is 2.42. The van der Waals surface area contributed by atoms with Gasteiger partial charge in [0.25, 0.3) is 0 Å². The second-order valence-corrected chi connectivity index (χ2v) is 4.87. The summed E-state index contributed by atoms with van der Waals surface area (Å²) in [5.74, 6) is 0.647. The summed E-state index contributed by atoms with van der Waals surface area (Å²) < 4.78 is 10.8. The van der Waals surface area contributed by atoms with Crippen molar-refractivity contribution in [3.05, 3.63) is 23.8 Å². The predicted molar refractivity (Wildman–Crippen MR) is 78.2 cm³/mol. The first-order valence-corrected chi connectivity index (χ1v) is 7.08. The minimum absolute atomic E-state index is 0.0257. The zero-order chi connectivity index (χ0) is 14.4. The predicted octanol–water partition coefficient (Wildman–Crippen LogP) is 1.62. The number of nitrogens with one attached hydrogen (secondary N) is 1. The summed E-state index contributed by atoms with van der Waals surface area (Å²) in [5.41, 5.74) is 6.96. The zero-order valence-corrected chi connectivity index (χ0v) is 11.9. The molecule has 0 amide bonds. The van der Waals surface area contributed by atoms with Crippen molar-refractivity contribution in [2.75, 3.05) is 32.0 Å². The molecule has 5 heteroatoms. The number of carbonyl (C=O) groups is 1. The van der Waals surface area contributed by atoms with E-state index in [0.29, 0.717) is 30.2 Å². The molecule has 0 radical (unpaired) electrons. The Balaban J connectivity index is 1.83. The molecule has 1 aliphatic heterocycles. The van der Waals surface area contributed by atoms with Crippen molar-refractivity contribution < 1.29 is 14.3 Å². The fourth-order valence-corrected chi connectivity index (χ4v) is 2.26. The third kappa shape index (κ3) is 3.95. The Morgan fingerprint density at radius 2 is 2.40 bits per heavy atom. The minimum Gasteiger partial charge on any atom is -0.492 e. The van der Waals surface area contributed by atoms with Gasteiger partial charge in [-0.3, -0.25) is 4.79 Å². The van der Waals surface area contributed by atoms with E-state index in [1.54, 1.807) is 18.2 Å². The lowest BCUT2D eigenvalue weighted by Crippen LogP contribution is -2.30. The lowest BCUT2D eigenvalue weighted by Gasteiger charge is -2.11. The van der Waals surface area contributed by atoms with Gasteiger partial charge in [0, 0.05) is 18.7 Å². The fourth-order valence-electron chi connectivity index (χ4n) is 2.26. The third-order valence-electron chi connectivity index (χ3n) is 3.31. The number of Topliss-reactive ketones (excluding diaryl/α,β-unsaturated/α-hetero) is 1. The topological polar surface area (TPSA) is 73.6 Å². The van der Waals surface area contributed by atoms with Crippen LogP contribution in [0.4, 0.5) is 5.69 Å². The first-order valence-electron chi connectivity index (χ1n) is 7.08. The van der Waals surface area contributed by atoms with Crippen LogP contribution in [-0.2, 0) is 4.74 Å².